The summed E-state index contributed by atoms with van der Waals surface area (Å²) in [5, 5.41) is 0.654. The fourth-order valence-corrected chi connectivity index (χ4v) is 3.55. The predicted octanol–water partition coefficient (Wildman–Crippen LogP) is 3.10. The van der Waals surface area contributed by atoms with Gasteiger partial charge < -0.3 is 10.2 Å². The van der Waals surface area contributed by atoms with Gasteiger partial charge in [0.1, 0.15) is 5.52 Å². The van der Waals surface area contributed by atoms with Gasteiger partial charge in [-0.05, 0) is 30.7 Å². The zero-order valence-corrected chi connectivity index (χ0v) is 13.2. The van der Waals surface area contributed by atoms with Gasteiger partial charge in [-0.3, -0.25) is 0 Å². The maximum Gasteiger partial charge on any atom is 0.230 e. The summed E-state index contributed by atoms with van der Waals surface area (Å²) in [6.45, 7) is 2.06. The van der Waals surface area contributed by atoms with Gasteiger partial charge in [-0.2, -0.15) is 0 Å². The van der Waals surface area contributed by atoms with E-state index >= 15 is 0 Å². The lowest BCUT2D eigenvalue weighted by atomic mass is 10.2. The zero-order valence-electron chi connectivity index (χ0n) is 11.6. The Morgan fingerprint density at radius 1 is 1.33 bits per heavy atom. The van der Waals surface area contributed by atoms with Crippen LogP contribution in [-0.4, -0.2) is 19.7 Å². The molecule has 0 radical (unpaired) electrons. The third kappa shape index (κ3) is 2.54. The van der Waals surface area contributed by atoms with Gasteiger partial charge in [0.05, 0.1) is 15.5 Å². The van der Waals surface area contributed by atoms with Crippen molar-refractivity contribution in [3.05, 3.63) is 29.1 Å². The number of fused-ring (bicyclic) bond motifs is 1. The normalized spacial score (nSPS) is 12.1. The first-order chi connectivity index (χ1) is 9.88. The Hall–Kier alpha value is -1.86. The molecule has 2 N–H and O–H groups in total. The maximum absolute atomic E-state index is 11.6. The van der Waals surface area contributed by atoms with Gasteiger partial charge in [0, 0.05) is 11.1 Å². The molecule has 21 heavy (non-hydrogen) atoms. The van der Waals surface area contributed by atoms with Crippen molar-refractivity contribution >= 4 is 37.3 Å². The highest BCUT2D eigenvalue weighted by Gasteiger charge is 2.16. The van der Waals surface area contributed by atoms with E-state index in [4.69, 9.17) is 10.2 Å². The highest BCUT2D eigenvalue weighted by Crippen LogP contribution is 2.35. The molecule has 5 nitrogen and oxygen atoms in total. The predicted molar refractivity (Wildman–Crippen MR) is 84.2 cm³/mol. The average Bonchev–Trinajstić information content (AvgIpc) is 2.99. The van der Waals surface area contributed by atoms with Crippen molar-refractivity contribution in [2.24, 2.45) is 0 Å². The lowest BCUT2D eigenvalue weighted by Crippen LogP contribution is -1.95. The second-order valence-electron chi connectivity index (χ2n) is 4.76. The van der Waals surface area contributed by atoms with Crippen molar-refractivity contribution in [1.82, 2.24) is 4.98 Å². The first-order valence-corrected chi connectivity index (χ1v) is 9.08. The number of thiophene rings is 1. The second-order valence-corrected chi connectivity index (χ2v) is 7.95. The van der Waals surface area contributed by atoms with Gasteiger partial charge in [-0.15, -0.1) is 11.3 Å². The van der Waals surface area contributed by atoms with Crippen LogP contribution in [0, 0.1) is 0 Å². The zero-order chi connectivity index (χ0) is 15.2. The van der Waals surface area contributed by atoms with Crippen LogP contribution in [0.5, 0.6) is 0 Å². The molecule has 2 heterocycles. The van der Waals surface area contributed by atoms with Crippen LogP contribution in [0.25, 0.3) is 22.6 Å². The summed E-state index contributed by atoms with van der Waals surface area (Å²) in [6, 6.07) is 6.61. The Balaban J connectivity index is 2.14. The van der Waals surface area contributed by atoms with Crippen molar-refractivity contribution < 1.29 is 12.8 Å². The van der Waals surface area contributed by atoms with E-state index in [0.29, 0.717) is 22.0 Å². The summed E-state index contributed by atoms with van der Waals surface area (Å²) in [5.41, 5.74) is 7.80. The van der Waals surface area contributed by atoms with E-state index in [9.17, 15) is 8.42 Å². The van der Waals surface area contributed by atoms with Crippen LogP contribution in [0.1, 0.15) is 11.8 Å². The Morgan fingerprint density at radius 3 is 2.71 bits per heavy atom. The summed E-state index contributed by atoms with van der Waals surface area (Å²) in [4.78, 5) is 5.74. The molecule has 3 aromatic rings. The van der Waals surface area contributed by atoms with E-state index in [1.54, 1.807) is 6.07 Å². The highest BCUT2D eigenvalue weighted by molar-refractivity contribution is 7.90. The summed E-state index contributed by atoms with van der Waals surface area (Å²) < 4.78 is 28.8. The topological polar surface area (TPSA) is 86.2 Å². The van der Waals surface area contributed by atoms with E-state index in [0.717, 1.165) is 16.9 Å². The fraction of sp³-hybridized carbons (Fsp3) is 0.214. The number of aryl methyl sites for hydroxylation is 1. The van der Waals surface area contributed by atoms with Crippen LogP contribution in [0.4, 0.5) is 5.00 Å². The molecule has 0 amide bonds. The second kappa shape index (κ2) is 4.85. The number of oxazole rings is 1. The van der Waals surface area contributed by atoms with Crippen molar-refractivity contribution in [3.8, 4) is 11.5 Å². The average molecular weight is 322 g/mol. The Morgan fingerprint density at radius 2 is 2.10 bits per heavy atom. The van der Waals surface area contributed by atoms with E-state index in [1.807, 2.05) is 6.07 Å². The maximum atomic E-state index is 11.6. The molecule has 110 valence electrons. The van der Waals surface area contributed by atoms with Crippen LogP contribution >= 0.6 is 11.3 Å². The SMILES string of the molecule is CCc1cc(-c2nc3cc(S(C)(=O)=O)ccc3o2)c(N)s1. The molecule has 0 saturated carbocycles. The number of anilines is 1. The molecule has 0 atom stereocenters. The molecule has 0 aliphatic heterocycles. The quantitative estimate of drug-likeness (QED) is 0.800. The molecule has 2 aromatic heterocycles. The third-order valence-electron chi connectivity index (χ3n) is 3.18. The number of hydrogen-bond donors (Lipinski definition) is 1. The number of rotatable bonds is 3. The van der Waals surface area contributed by atoms with Gasteiger partial charge in [-0.25, -0.2) is 13.4 Å². The van der Waals surface area contributed by atoms with E-state index in [1.165, 1.54) is 29.7 Å². The standard InChI is InChI=1S/C14H14N2O3S2/c1-3-8-6-10(13(15)20-8)14-16-11-7-9(21(2,17)18)4-5-12(11)19-14/h4-7H,3,15H2,1-2H3. The lowest BCUT2D eigenvalue weighted by Gasteiger charge is -1.95. The minimum atomic E-state index is -3.26. The summed E-state index contributed by atoms with van der Waals surface area (Å²) in [7, 11) is -3.26. The molecule has 0 bridgehead atoms. The molecule has 0 aliphatic rings. The fourth-order valence-electron chi connectivity index (χ4n) is 2.05. The van der Waals surface area contributed by atoms with Crippen molar-refractivity contribution in [3.63, 3.8) is 0 Å². The monoisotopic (exact) mass is 322 g/mol. The van der Waals surface area contributed by atoms with E-state index in [-0.39, 0.29) is 4.90 Å². The summed E-state index contributed by atoms with van der Waals surface area (Å²) >= 11 is 1.51. The number of aromatic nitrogens is 1. The van der Waals surface area contributed by atoms with Crippen LogP contribution < -0.4 is 5.73 Å². The molecule has 0 unspecified atom stereocenters. The molecule has 1 aromatic carbocycles. The first kappa shape index (κ1) is 14.1. The molecule has 0 aliphatic carbocycles. The minimum absolute atomic E-state index is 0.224. The van der Waals surface area contributed by atoms with Crippen LogP contribution in [-0.2, 0) is 16.3 Å². The number of benzene rings is 1. The Kier molecular flexibility index (Phi) is 3.26. The lowest BCUT2D eigenvalue weighted by molar-refractivity contribution is 0.602. The number of sulfone groups is 1. The van der Waals surface area contributed by atoms with Crippen LogP contribution in [0.2, 0.25) is 0 Å². The largest absolute Gasteiger partial charge is 0.436 e. The van der Waals surface area contributed by atoms with Crippen molar-refractivity contribution in [2.45, 2.75) is 18.2 Å². The highest BCUT2D eigenvalue weighted by atomic mass is 32.2. The van der Waals surface area contributed by atoms with Crippen molar-refractivity contribution in [1.29, 1.82) is 0 Å². The molecular formula is C14H14N2O3S2. The van der Waals surface area contributed by atoms with E-state index < -0.39 is 9.84 Å². The smallest absolute Gasteiger partial charge is 0.230 e. The van der Waals surface area contributed by atoms with Gasteiger partial charge in [0.25, 0.3) is 0 Å². The summed E-state index contributed by atoms with van der Waals surface area (Å²) in [5.74, 6) is 0.420. The number of nitrogens with zero attached hydrogens (tertiary/aromatic N) is 1. The van der Waals surface area contributed by atoms with E-state index in [2.05, 4.69) is 11.9 Å². The van der Waals surface area contributed by atoms with Crippen LogP contribution in [0.15, 0.2) is 33.6 Å². The number of hydrogen-bond acceptors (Lipinski definition) is 6. The van der Waals surface area contributed by atoms with Gasteiger partial charge in [-0.1, -0.05) is 6.92 Å². The molecule has 7 heteroatoms. The molecular weight excluding hydrogens is 308 g/mol. The molecule has 0 spiro atoms. The van der Waals surface area contributed by atoms with Gasteiger partial charge >= 0.3 is 0 Å². The van der Waals surface area contributed by atoms with Crippen molar-refractivity contribution in [2.75, 3.05) is 12.0 Å². The first-order valence-electron chi connectivity index (χ1n) is 6.37. The van der Waals surface area contributed by atoms with Gasteiger partial charge in [0.15, 0.2) is 15.4 Å². The number of nitrogens with two attached hydrogens (primary N) is 1. The Bertz CT molecular complexity index is 923. The summed E-state index contributed by atoms with van der Waals surface area (Å²) in [6.07, 6.45) is 2.06. The van der Waals surface area contributed by atoms with Gasteiger partial charge in [0.2, 0.25) is 5.89 Å². The molecule has 0 fully saturated rings. The minimum Gasteiger partial charge on any atom is -0.436 e. The molecule has 0 saturated heterocycles. The number of nitrogen functional groups attached to an aromatic ring is 1. The van der Waals surface area contributed by atoms with Crippen LogP contribution in [0.3, 0.4) is 0 Å². The Labute approximate surface area is 126 Å². The third-order valence-corrected chi connectivity index (χ3v) is 5.40. The molecule has 3 rings (SSSR count).